The van der Waals surface area contributed by atoms with Crippen molar-refractivity contribution in [2.24, 2.45) is 0 Å². The van der Waals surface area contributed by atoms with E-state index in [9.17, 15) is 9.59 Å². The van der Waals surface area contributed by atoms with Crippen LogP contribution in [0.15, 0.2) is 14.1 Å². The molecule has 1 aromatic rings. The van der Waals surface area contributed by atoms with Crippen molar-refractivity contribution in [2.75, 3.05) is 0 Å². The minimum Gasteiger partial charge on any atom is -0.343 e. The quantitative estimate of drug-likeness (QED) is 0.358. The predicted octanol–water partition coefficient (Wildman–Crippen LogP) is -1.86. The monoisotopic (exact) mass is 129 g/mol. The van der Waals surface area contributed by atoms with Gasteiger partial charge >= 0.3 is 11.0 Å². The predicted molar refractivity (Wildman–Crippen MR) is 25.8 cm³/mol. The van der Waals surface area contributed by atoms with E-state index in [1.54, 1.807) is 0 Å². The second-order valence-electron chi connectivity index (χ2n) is 1.32. The highest BCUT2D eigenvalue weighted by molar-refractivity contribution is 4.72. The van der Waals surface area contributed by atoms with E-state index in [-0.39, 0.29) is 0 Å². The lowest BCUT2D eigenvalue weighted by Crippen LogP contribution is -2.39. The molecule has 48 valence electrons. The van der Waals surface area contributed by atoms with Gasteiger partial charge in [0.1, 0.15) is 0 Å². The van der Waals surface area contributed by atoms with Crippen LogP contribution < -0.4 is 16.5 Å². The molecule has 3 N–H and O–H groups in total. The molecule has 0 saturated carbocycles. The maximum absolute atomic E-state index is 10.3. The molecule has 0 aliphatic heterocycles. The highest BCUT2D eigenvalue weighted by Crippen LogP contribution is 1.39. The second-order valence-corrected chi connectivity index (χ2v) is 1.32. The van der Waals surface area contributed by atoms with E-state index in [0.29, 0.717) is 0 Å². The Morgan fingerprint density at radius 2 is 2.11 bits per heavy atom. The van der Waals surface area contributed by atoms with Crippen molar-refractivity contribution >= 4 is 0 Å². The number of H-pyrrole nitrogens is 2. The standard InChI is InChI=1S/C3H3N3O3/c4-2-1(7)3(8)5-6-9-2/h4,6H,(H,5,8). The van der Waals surface area contributed by atoms with Crippen molar-refractivity contribution < 1.29 is 4.52 Å². The lowest BCUT2D eigenvalue weighted by Gasteiger charge is -1.78. The van der Waals surface area contributed by atoms with Crippen LogP contribution in [0, 0.1) is 5.41 Å². The van der Waals surface area contributed by atoms with Gasteiger partial charge < -0.3 is 4.52 Å². The molecule has 0 aliphatic carbocycles. The Bertz CT molecular complexity index is 324. The number of hydrogen-bond donors (Lipinski definition) is 3. The van der Waals surface area contributed by atoms with Gasteiger partial charge in [0.2, 0.25) is 0 Å². The van der Waals surface area contributed by atoms with E-state index in [1.165, 1.54) is 0 Å². The third-order valence-electron chi connectivity index (χ3n) is 0.730. The van der Waals surface area contributed by atoms with Crippen molar-refractivity contribution in [3.8, 4) is 0 Å². The van der Waals surface area contributed by atoms with E-state index < -0.39 is 16.5 Å². The zero-order valence-electron chi connectivity index (χ0n) is 4.22. The highest BCUT2D eigenvalue weighted by atomic mass is 16.5. The molecule has 0 unspecified atom stereocenters. The first-order chi connectivity index (χ1) is 4.22. The third kappa shape index (κ3) is 0.809. The van der Waals surface area contributed by atoms with Crippen LogP contribution in [0.3, 0.4) is 0 Å². The van der Waals surface area contributed by atoms with Gasteiger partial charge in [0.25, 0.3) is 5.55 Å². The summed E-state index contributed by atoms with van der Waals surface area (Å²) in [7, 11) is 0. The molecule has 0 saturated heterocycles. The smallest absolute Gasteiger partial charge is 0.318 e. The molecule has 0 fully saturated rings. The van der Waals surface area contributed by atoms with Gasteiger partial charge in [0.15, 0.2) is 0 Å². The summed E-state index contributed by atoms with van der Waals surface area (Å²) >= 11 is 0. The maximum Gasteiger partial charge on any atom is 0.318 e. The molecular weight excluding hydrogens is 126 g/mol. The molecule has 1 aromatic heterocycles. The van der Waals surface area contributed by atoms with Gasteiger partial charge in [-0.1, -0.05) is 0 Å². The summed E-state index contributed by atoms with van der Waals surface area (Å²) in [5.41, 5.74) is -2.56. The Morgan fingerprint density at radius 1 is 1.44 bits per heavy atom. The van der Waals surface area contributed by atoms with E-state index in [1.807, 2.05) is 10.4 Å². The topological polar surface area (TPSA) is 103 Å². The molecule has 0 atom stereocenters. The molecular formula is C3H3N3O3. The molecule has 0 radical (unpaired) electrons. The van der Waals surface area contributed by atoms with Gasteiger partial charge in [-0.2, -0.15) is 5.27 Å². The van der Waals surface area contributed by atoms with Crippen LogP contribution in [-0.2, 0) is 0 Å². The van der Waals surface area contributed by atoms with Crippen molar-refractivity contribution in [2.45, 2.75) is 0 Å². The van der Waals surface area contributed by atoms with E-state index in [2.05, 4.69) is 4.52 Å². The Kier molecular flexibility index (Phi) is 1.07. The van der Waals surface area contributed by atoms with Crippen molar-refractivity contribution in [3.05, 3.63) is 26.1 Å². The molecule has 0 amide bonds. The fourth-order valence-corrected chi connectivity index (χ4v) is 0.329. The Labute approximate surface area is 47.6 Å². The Morgan fingerprint density at radius 3 is 2.56 bits per heavy atom. The highest BCUT2D eigenvalue weighted by Gasteiger charge is 1.93. The first-order valence-electron chi connectivity index (χ1n) is 2.07. The van der Waals surface area contributed by atoms with Gasteiger partial charge in [-0.15, -0.1) is 0 Å². The molecule has 0 spiro atoms. The third-order valence-corrected chi connectivity index (χ3v) is 0.730. The Hall–Kier alpha value is -1.59. The van der Waals surface area contributed by atoms with Crippen molar-refractivity contribution in [3.63, 3.8) is 0 Å². The average molecular weight is 129 g/mol. The molecule has 6 nitrogen and oxygen atoms in total. The summed E-state index contributed by atoms with van der Waals surface area (Å²) in [5, 5.41) is 10.4. The van der Waals surface area contributed by atoms with Gasteiger partial charge in [-0.3, -0.25) is 15.0 Å². The number of rotatable bonds is 0. The number of aromatic amines is 2. The lowest BCUT2D eigenvalue weighted by molar-refractivity contribution is 0.309. The van der Waals surface area contributed by atoms with Crippen LogP contribution in [0.4, 0.5) is 0 Å². The van der Waals surface area contributed by atoms with E-state index in [4.69, 9.17) is 5.41 Å². The molecule has 1 heterocycles. The van der Waals surface area contributed by atoms with Gasteiger partial charge in [0.05, 0.1) is 0 Å². The minimum atomic E-state index is -0.978. The van der Waals surface area contributed by atoms with Crippen LogP contribution >= 0.6 is 0 Å². The van der Waals surface area contributed by atoms with Gasteiger partial charge in [-0.05, 0) is 0 Å². The zero-order valence-corrected chi connectivity index (χ0v) is 4.22. The van der Waals surface area contributed by atoms with Crippen molar-refractivity contribution in [1.82, 2.24) is 10.4 Å². The SMILES string of the molecule is N=c1o[nH][nH]c(=O)c1=O. The second kappa shape index (κ2) is 1.73. The number of aromatic nitrogens is 2. The van der Waals surface area contributed by atoms with E-state index in [0.717, 1.165) is 0 Å². The summed E-state index contributed by atoms with van der Waals surface area (Å²) in [6, 6.07) is 0. The lowest BCUT2D eigenvalue weighted by atomic mass is 10.7. The summed E-state index contributed by atoms with van der Waals surface area (Å²) < 4.78 is 4.11. The summed E-state index contributed by atoms with van der Waals surface area (Å²) in [6.07, 6.45) is 0. The van der Waals surface area contributed by atoms with Crippen LogP contribution in [0.25, 0.3) is 0 Å². The van der Waals surface area contributed by atoms with Crippen LogP contribution in [0.1, 0.15) is 0 Å². The van der Waals surface area contributed by atoms with Crippen LogP contribution in [-0.4, -0.2) is 10.4 Å². The molecule has 1 rings (SSSR count). The Balaban J connectivity index is 3.85. The number of nitrogens with one attached hydrogen (secondary N) is 3. The first kappa shape index (κ1) is 5.54. The van der Waals surface area contributed by atoms with Gasteiger partial charge in [-0.25, -0.2) is 5.10 Å². The molecule has 0 aromatic carbocycles. The zero-order chi connectivity index (χ0) is 6.85. The molecule has 9 heavy (non-hydrogen) atoms. The minimum absolute atomic E-state index is 0.696. The van der Waals surface area contributed by atoms with Crippen molar-refractivity contribution in [1.29, 1.82) is 5.41 Å². The fourth-order valence-electron chi connectivity index (χ4n) is 0.329. The van der Waals surface area contributed by atoms with Crippen LogP contribution in [0.2, 0.25) is 0 Å². The summed E-state index contributed by atoms with van der Waals surface area (Å²) in [6.45, 7) is 0. The van der Waals surface area contributed by atoms with E-state index >= 15 is 0 Å². The first-order valence-corrected chi connectivity index (χ1v) is 2.07. The summed E-state index contributed by atoms with van der Waals surface area (Å²) in [5.74, 6) is 0. The van der Waals surface area contributed by atoms with Crippen LogP contribution in [0.5, 0.6) is 0 Å². The summed E-state index contributed by atoms with van der Waals surface area (Å²) in [4.78, 5) is 20.6. The fraction of sp³-hybridized carbons (Fsp3) is 0. The maximum atomic E-state index is 10.3. The number of hydrogen-bond acceptors (Lipinski definition) is 4. The normalized spacial score (nSPS) is 9.33. The largest absolute Gasteiger partial charge is 0.343 e. The average Bonchev–Trinajstić information content (AvgIpc) is 1.83. The van der Waals surface area contributed by atoms with Gasteiger partial charge in [0, 0.05) is 0 Å². The molecule has 6 heteroatoms. The molecule has 0 bridgehead atoms. The molecule has 0 aliphatic rings.